The van der Waals surface area contributed by atoms with Crippen molar-refractivity contribution in [3.05, 3.63) is 83.4 Å². The van der Waals surface area contributed by atoms with Crippen LogP contribution in [0.5, 0.6) is 0 Å². The molecule has 0 unspecified atom stereocenters. The van der Waals surface area contributed by atoms with Crippen molar-refractivity contribution in [1.29, 1.82) is 0 Å². The lowest BCUT2D eigenvalue weighted by atomic mass is 10.0. The van der Waals surface area contributed by atoms with E-state index >= 15 is 0 Å². The quantitative estimate of drug-likeness (QED) is 0.507. The van der Waals surface area contributed by atoms with E-state index in [2.05, 4.69) is 44.1 Å². The van der Waals surface area contributed by atoms with Crippen molar-refractivity contribution in [1.82, 2.24) is 19.9 Å². The van der Waals surface area contributed by atoms with Gasteiger partial charge in [0.25, 0.3) is 0 Å². The maximum absolute atomic E-state index is 12.9. The highest BCUT2D eigenvalue weighted by molar-refractivity contribution is 5.90. The Morgan fingerprint density at radius 1 is 1.00 bits per heavy atom. The van der Waals surface area contributed by atoms with Crippen LogP contribution in [0.3, 0.4) is 0 Å². The van der Waals surface area contributed by atoms with Crippen molar-refractivity contribution in [3.8, 4) is 11.3 Å². The van der Waals surface area contributed by atoms with Crippen molar-refractivity contribution in [3.63, 3.8) is 0 Å². The number of alkyl halides is 3. The van der Waals surface area contributed by atoms with E-state index in [1.165, 1.54) is 11.8 Å². The maximum atomic E-state index is 12.9. The van der Waals surface area contributed by atoms with Crippen LogP contribution in [0.1, 0.15) is 22.6 Å². The number of hydrogen-bond donors (Lipinski definition) is 1. The summed E-state index contributed by atoms with van der Waals surface area (Å²) in [5.74, 6) is -1.06. The summed E-state index contributed by atoms with van der Waals surface area (Å²) in [4.78, 5) is 13.1. The molecular weight excluding hydrogens is 389 g/mol. The van der Waals surface area contributed by atoms with Gasteiger partial charge >= 0.3 is 6.18 Å². The van der Waals surface area contributed by atoms with Crippen LogP contribution in [0.4, 0.5) is 13.2 Å². The number of benzene rings is 2. The standard InChI is InChI=1S/C23H19F3N4/c24-23(25,26)22-27-12-16-13-30(11-10-19(16)29-22)14-18-17-8-4-5-9-20(17)28-21(18)15-6-2-1-3-7-15/h1-9,12,28H,10-11,13-14H2. The van der Waals surface area contributed by atoms with Gasteiger partial charge in [-0.25, -0.2) is 9.97 Å². The molecule has 0 aliphatic carbocycles. The minimum absolute atomic E-state index is 0.476. The molecule has 1 N–H and O–H groups in total. The smallest absolute Gasteiger partial charge is 0.354 e. The molecule has 0 radical (unpaired) electrons. The van der Waals surface area contributed by atoms with Gasteiger partial charge in [0.2, 0.25) is 5.82 Å². The zero-order valence-electron chi connectivity index (χ0n) is 16.1. The number of rotatable bonds is 3. The van der Waals surface area contributed by atoms with E-state index in [4.69, 9.17) is 0 Å². The van der Waals surface area contributed by atoms with Crippen molar-refractivity contribution in [2.75, 3.05) is 6.54 Å². The van der Waals surface area contributed by atoms with Crippen LogP contribution < -0.4 is 0 Å². The molecular formula is C23H19F3N4. The van der Waals surface area contributed by atoms with Gasteiger partial charge in [0.1, 0.15) is 0 Å². The molecule has 3 heterocycles. The SMILES string of the molecule is FC(F)(F)c1ncc2c(n1)CCN(Cc1c(-c3ccccc3)[nH]c3ccccc13)C2. The maximum Gasteiger partial charge on any atom is 0.451 e. The Morgan fingerprint density at radius 2 is 1.77 bits per heavy atom. The first-order valence-electron chi connectivity index (χ1n) is 9.78. The van der Waals surface area contributed by atoms with Gasteiger partial charge in [0.05, 0.1) is 11.4 Å². The minimum Gasteiger partial charge on any atom is -0.354 e. The van der Waals surface area contributed by atoms with Gasteiger partial charge in [-0.1, -0.05) is 48.5 Å². The first-order valence-corrected chi connectivity index (χ1v) is 9.78. The third kappa shape index (κ3) is 3.45. The molecule has 4 nitrogen and oxygen atoms in total. The summed E-state index contributed by atoms with van der Waals surface area (Å²) < 4.78 is 38.7. The van der Waals surface area contributed by atoms with Gasteiger partial charge in [0.15, 0.2) is 0 Å². The second-order valence-electron chi connectivity index (χ2n) is 7.51. The molecule has 152 valence electrons. The normalized spacial score (nSPS) is 14.8. The van der Waals surface area contributed by atoms with Gasteiger partial charge in [-0.15, -0.1) is 0 Å². The fourth-order valence-corrected chi connectivity index (χ4v) is 4.09. The Kier molecular flexibility index (Phi) is 4.55. The van der Waals surface area contributed by atoms with Crippen LogP contribution in [-0.4, -0.2) is 26.4 Å². The van der Waals surface area contributed by atoms with Gasteiger partial charge in [-0.2, -0.15) is 13.2 Å². The first-order chi connectivity index (χ1) is 14.5. The van der Waals surface area contributed by atoms with Gasteiger partial charge in [-0.3, -0.25) is 4.90 Å². The topological polar surface area (TPSA) is 44.8 Å². The molecule has 0 saturated carbocycles. The fraction of sp³-hybridized carbons (Fsp3) is 0.217. The Morgan fingerprint density at radius 3 is 2.57 bits per heavy atom. The van der Waals surface area contributed by atoms with Crippen LogP contribution in [0, 0.1) is 0 Å². The molecule has 0 atom stereocenters. The second-order valence-corrected chi connectivity index (χ2v) is 7.51. The summed E-state index contributed by atoms with van der Waals surface area (Å²) >= 11 is 0. The molecule has 0 bridgehead atoms. The number of hydrogen-bond acceptors (Lipinski definition) is 3. The van der Waals surface area contributed by atoms with E-state index < -0.39 is 12.0 Å². The Hall–Kier alpha value is -3.19. The molecule has 0 fully saturated rings. The van der Waals surface area contributed by atoms with Crippen molar-refractivity contribution >= 4 is 10.9 Å². The van der Waals surface area contributed by atoms with E-state index in [9.17, 15) is 13.2 Å². The zero-order valence-corrected chi connectivity index (χ0v) is 16.1. The molecule has 1 aliphatic heterocycles. The third-order valence-corrected chi connectivity index (χ3v) is 5.52. The van der Waals surface area contributed by atoms with Crippen molar-refractivity contribution in [2.24, 2.45) is 0 Å². The Bertz CT molecular complexity index is 1200. The number of fused-ring (bicyclic) bond motifs is 2. The summed E-state index contributed by atoms with van der Waals surface area (Å²) in [6, 6.07) is 18.3. The van der Waals surface area contributed by atoms with Gasteiger partial charge < -0.3 is 4.98 Å². The van der Waals surface area contributed by atoms with E-state index in [0.29, 0.717) is 31.7 Å². The van der Waals surface area contributed by atoms with E-state index in [1.54, 1.807) is 0 Å². The highest BCUT2D eigenvalue weighted by Crippen LogP contribution is 2.33. The Labute approximate surface area is 171 Å². The summed E-state index contributed by atoms with van der Waals surface area (Å²) in [7, 11) is 0. The van der Waals surface area contributed by atoms with Crippen LogP contribution in [0.25, 0.3) is 22.2 Å². The molecule has 2 aromatic carbocycles. The number of nitrogens with zero attached hydrogens (tertiary/aromatic N) is 3. The summed E-state index contributed by atoms with van der Waals surface area (Å²) in [6.45, 7) is 1.87. The molecule has 1 aliphatic rings. The van der Waals surface area contributed by atoms with Gasteiger partial charge in [-0.05, 0) is 17.2 Å². The van der Waals surface area contributed by atoms with Crippen molar-refractivity contribution < 1.29 is 13.2 Å². The first kappa shape index (κ1) is 18.8. The summed E-state index contributed by atoms with van der Waals surface area (Å²) in [6.07, 6.45) is -2.71. The monoisotopic (exact) mass is 408 g/mol. The summed E-state index contributed by atoms with van der Waals surface area (Å²) in [5.41, 5.74) is 5.70. The third-order valence-electron chi connectivity index (χ3n) is 5.52. The summed E-state index contributed by atoms with van der Waals surface area (Å²) in [5, 5.41) is 1.16. The average molecular weight is 408 g/mol. The Balaban J connectivity index is 1.47. The highest BCUT2D eigenvalue weighted by atomic mass is 19.4. The lowest BCUT2D eigenvalue weighted by molar-refractivity contribution is -0.145. The van der Waals surface area contributed by atoms with E-state index in [1.807, 2.05) is 30.3 Å². The lowest BCUT2D eigenvalue weighted by Gasteiger charge is -2.28. The number of aromatic amines is 1. The highest BCUT2D eigenvalue weighted by Gasteiger charge is 2.35. The molecule has 30 heavy (non-hydrogen) atoms. The molecule has 0 saturated heterocycles. The van der Waals surface area contributed by atoms with Gasteiger partial charge in [0, 0.05) is 48.7 Å². The predicted molar refractivity (Wildman–Crippen MR) is 109 cm³/mol. The van der Waals surface area contributed by atoms with Crippen LogP contribution >= 0.6 is 0 Å². The number of aromatic nitrogens is 3. The molecule has 2 aromatic heterocycles. The van der Waals surface area contributed by atoms with Crippen molar-refractivity contribution in [2.45, 2.75) is 25.7 Å². The molecule has 0 amide bonds. The number of para-hydroxylation sites is 1. The van der Waals surface area contributed by atoms with Crippen LogP contribution in [0.15, 0.2) is 60.8 Å². The largest absolute Gasteiger partial charge is 0.451 e. The van der Waals surface area contributed by atoms with E-state index in [-0.39, 0.29) is 0 Å². The molecule has 7 heteroatoms. The van der Waals surface area contributed by atoms with Crippen LogP contribution in [-0.2, 0) is 25.7 Å². The lowest BCUT2D eigenvalue weighted by Crippen LogP contribution is -2.31. The van der Waals surface area contributed by atoms with Crippen LogP contribution in [0.2, 0.25) is 0 Å². The zero-order chi connectivity index (χ0) is 20.7. The minimum atomic E-state index is -4.51. The fourth-order valence-electron chi connectivity index (χ4n) is 4.09. The number of H-pyrrole nitrogens is 1. The number of nitrogens with one attached hydrogen (secondary N) is 1. The predicted octanol–water partition coefficient (Wildman–Crippen LogP) is 5.20. The molecule has 4 aromatic rings. The molecule has 0 spiro atoms. The van der Waals surface area contributed by atoms with E-state index in [0.717, 1.165) is 27.7 Å². The number of halogens is 3. The second kappa shape index (κ2) is 7.25. The average Bonchev–Trinajstić information content (AvgIpc) is 3.12. The molecule has 5 rings (SSSR count).